The van der Waals surface area contributed by atoms with Gasteiger partial charge in [0.25, 0.3) is 0 Å². The molecule has 1 unspecified atom stereocenters. The Bertz CT molecular complexity index is 482. The second-order valence-corrected chi connectivity index (χ2v) is 8.08. The van der Waals surface area contributed by atoms with Gasteiger partial charge < -0.3 is 5.32 Å². The Balaban J connectivity index is 2.90. The number of nitrogens with one attached hydrogen (secondary N) is 2. The molecule has 0 aliphatic carbocycles. The average molecular weight is 308 g/mol. The zero-order valence-corrected chi connectivity index (χ0v) is 13.6. The average Bonchev–Trinajstić information content (AvgIpc) is 2.60. The highest BCUT2D eigenvalue weighted by Crippen LogP contribution is 2.25. The van der Waals surface area contributed by atoms with Gasteiger partial charge in [-0.1, -0.05) is 0 Å². The van der Waals surface area contributed by atoms with Gasteiger partial charge in [-0.3, -0.25) is 0 Å². The molecule has 1 rings (SSSR count). The van der Waals surface area contributed by atoms with Gasteiger partial charge in [0.1, 0.15) is 0 Å². The maximum atomic E-state index is 12.2. The Labute approximate surface area is 118 Å². The maximum Gasteiger partial charge on any atom is 0.241 e. The molecule has 0 fully saturated rings. The van der Waals surface area contributed by atoms with Crippen molar-refractivity contribution in [3.8, 4) is 0 Å². The van der Waals surface area contributed by atoms with Crippen molar-refractivity contribution in [3.63, 3.8) is 0 Å². The van der Waals surface area contributed by atoms with Crippen molar-refractivity contribution < 1.29 is 8.42 Å². The number of rotatable bonds is 7. The summed E-state index contributed by atoms with van der Waals surface area (Å²) in [6.45, 7) is 4.42. The monoisotopic (exact) mass is 308 g/mol. The molecule has 0 bridgehead atoms. The molecule has 0 aliphatic heterocycles. The third-order valence-corrected chi connectivity index (χ3v) is 6.07. The number of hydrogen-bond acceptors (Lipinski definition) is 5. The lowest BCUT2D eigenvalue weighted by Gasteiger charge is -2.12. The van der Waals surface area contributed by atoms with Crippen LogP contribution < -0.4 is 10.0 Å². The highest BCUT2D eigenvalue weighted by Gasteiger charge is 2.21. The zero-order valence-electron chi connectivity index (χ0n) is 11.1. The molecule has 18 heavy (non-hydrogen) atoms. The van der Waals surface area contributed by atoms with Crippen LogP contribution in [0.1, 0.15) is 16.7 Å². The predicted molar refractivity (Wildman–Crippen MR) is 80.0 cm³/mol. The fourth-order valence-electron chi connectivity index (χ4n) is 1.66. The second-order valence-electron chi connectivity index (χ2n) is 4.14. The quantitative estimate of drug-likeness (QED) is 0.806. The van der Waals surface area contributed by atoms with Crippen molar-refractivity contribution in [1.82, 2.24) is 10.0 Å². The minimum Gasteiger partial charge on any atom is -0.315 e. The van der Waals surface area contributed by atoms with E-state index in [9.17, 15) is 8.42 Å². The Morgan fingerprint density at radius 2 is 2.17 bits per heavy atom. The first-order valence-corrected chi connectivity index (χ1v) is 9.35. The topological polar surface area (TPSA) is 58.2 Å². The molecular weight excluding hydrogens is 288 g/mol. The standard InChI is InChI=1S/C11H20N2O2S3/c1-8(7-16-4)13-18(14,15)11-5-10(6-12-3)17-9(11)2/h5,8,12-13H,6-7H2,1-4H3. The van der Waals surface area contributed by atoms with Crippen LogP contribution >= 0.6 is 23.1 Å². The van der Waals surface area contributed by atoms with Gasteiger partial charge in [-0.25, -0.2) is 13.1 Å². The predicted octanol–water partition coefficient (Wildman–Crippen LogP) is 1.81. The van der Waals surface area contributed by atoms with Gasteiger partial charge in [-0.15, -0.1) is 11.3 Å². The van der Waals surface area contributed by atoms with Crippen LogP contribution in [0.15, 0.2) is 11.0 Å². The summed E-state index contributed by atoms with van der Waals surface area (Å²) < 4.78 is 27.2. The van der Waals surface area contributed by atoms with E-state index < -0.39 is 10.0 Å². The molecule has 2 N–H and O–H groups in total. The summed E-state index contributed by atoms with van der Waals surface area (Å²) in [5.74, 6) is 0.770. The molecule has 0 radical (unpaired) electrons. The summed E-state index contributed by atoms with van der Waals surface area (Å²) in [6.07, 6.45) is 1.96. The maximum absolute atomic E-state index is 12.2. The van der Waals surface area contributed by atoms with Crippen LogP contribution in [0.4, 0.5) is 0 Å². The van der Waals surface area contributed by atoms with Crippen molar-refractivity contribution in [2.24, 2.45) is 0 Å². The molecule has 1 aromatic heterocycles. The minimum absolute atomic E-state index is 0.0583. The molecule has 7 heteroatoms. The number of thioether (sulfide) groups is 1. The molecule has 104 valence electrons. The van der Waals surface area contributed by atoms with E-state index in [-0.39, 0.29) is 6.04 Å². The molecule has 0 amide bonds. The first kappa shape index (κ1) is 16.0. The van der Waals surface area contributed by atoms with Crippen molar-refractivity contribution in [1.29, 1.82) is 0 Å². The van der Waals surface area contributed by atoms with Crippen molar-refractivity contribution in [2.75, 3.05) is 19.1 Å². The van der Waals surface area contributed by atoms with E-state index in [0.29, 0.717) is 11.4 Å². The normalized spacial score (nSPS) is 13.8. The van der Waals surface area contributed by atoms with E-state index in [1.807, 2.05) is 27.2 Å². The van der Waals surface area contributed by atoms with E-state index >= 15 is 0 Å². The molecule has 0 aromatic carbocycles. The van der Waals surface area contributed by atoms with E-state index in [0.717, 1.165) is 15.5 Å². The second kappa shape index (κ2) is 6.91. The first-order chi connectivity index (χ1) is 8.40. The van der Waals surface area contributed by atoms with Crippen LogP contribution in [0.3, 0.4) is 0 Å². The Morgan fingerprint density at radius 1 is 1.50 bits per heavy atom. The van der Waals surface area contributed by atoms with Crippen LogP contribution in [-0.4, -0.2) is 33.5 Å². The van der Waals surface area contributed by atoms with Gasteiger partial charge in [-0.05, 0) is 33.2 Å². The van der Waals surface area contributed by atoms with E-state index in [1.165, 1.54) is 11.3 Å². The molecule has 4 nitrogen and oxygen atoms in total. The highest BCUT2D eigenvalue weighted by molar-refractivity contribution is 7.98. The summed E-state index contributed by atoms with van der Waals surface area (Å²) in [7, 11) is -1.54. The molecule has 0 spiro atoms. The lowest BCUT2D eigenvalue weighted by Crippen LogP contribution is -2.34. The molecule has 1 atom stereocenters. The Morgan fingerprint density at radius 3 is 2.72 bits per heavy atom. The summed E-state index contributed by atoms with van der Waals surface area (Å²) in [4.78, 5) is 2.28. The number of sulfonamides is 1. The lowest BCUT2D eigenvalue weighted by molar-refractivity contribution is 0.571. The number of thiophene rings is 1. The largest absolute Gasteiger partial charge is 0.315 e. The number of aryl methyl sites for hydroxylation is 1. The molecule has 0 saturated heterocycles. The summed E-state index contributed by atoms with van der Waals surface area (Å²) in [5.41, 5.74) is 0. The van der Waals surface area contributed by atoms with Crippen molar-refractivity contribution in [2.45, 2.75) is 31.3 Å². The smallest absolute Gasteiger partial charge is 0.241 e. The Hall–Kier alpha value is -0.0800. The molecule has 0 aliphatic rings. The fourth-order valence-corrected chi connectivity index (χ4v) is 5.24. The van der Waals surface area contributed by atoms with Gasteiger partial charge >= 0.3 is 0 Å². The van der Waals surface area contributed by atoms with Gasteiger partial charge in [-0.2, -0.15) is 11.8 Å². The summed E-state index contributed by atoms with van der Waals surface area (Å²) in [6, 6.07) is 1.70. The van der Waals surface area contributed by atoms with Gasteiger partial charge in [0.2, 0.25) is 10.0 Å². The zero-order chi connectivity index (χ0) is 13.8. The third kappa shape index (κ3) is 4.24. The van der Waals surface area contributed by atoms with Crippen LogP contribution in [0.25, 0.3) is 0 Å². The van der Waals surface area contributed by atoms with Gasteiger partial charge in [0.05, 0.1) is 4.90 Å². The van der Waals surface area contributed by atoms with Crippen molar-refractivity contribution in [3.05, 3.63) is 15.8 Å². The van der Waals surface area contributed by atoms with E-state index in [1.54, 1.807) is 17.8 Å². The summed E-state index contributed by atoms with van der Waals surface area (Å²) in [5, 5.41) is 3.03. The molecular formula is C11H20N2O2S3. The number of hydrogen-bond donors (Lipinski definition) is 2. The van der Waals surface area contributed by atoms with Crippen LogP contribution in [0.2, 0.25) is 0 Å². The molecule has 1 heterocycles. The van der Waals surface area contributed by atoms with Crippen LogP contribution in [0.5, 0.6) is 0 Å². The van der Waals surface area contributed by atoms with Gasteiger partial charge in [0, 0.05) is 28.1 Å². The SMILES string of the molecule is CNCc1cc(S(=O)(=O)NC(C)CSC)c(C)s1. The molecule has 0 saturated carbocycles. The van der Waals surface area contributed by atoms with Crippen molar-refractivity contribution >= 4 is 33.1 Å². The molecule has 1 aromatic rings. The minimum atomic E-state index is -3.39. The van der Waals surface area contributed by atoms with Crippen LogP contribution in [-0.2, 0) is 16.6 Å². The third-order valence-electron chi connectivity index (χ3n) is 2.34. The first-order valence-electron chi connectivity index (χ1n) is 5.66. The summed E-state index contributed by atoms with van der Waals surface area (Å²) >= 11 is 3.15. The lowest BCUT2D eigenvalue weighted by atomic mass is 10.4. The fraction of sp³-hybridized carbons (Fsp3) is 0.636. The highest BCUT2D eigenvalue weighted by atomic mass is 32.2. The Kier molecular flexibility index (Phi) is 6.13. The van der Waals surface area contributed by atoms with Gasteiger partial charge in [0.15, 0.2) is 0 Å². The van der Waals surface area contributed by atoms with E-state index in [4.69, 9.17) is 0 Å². The van der Waals surface area contributed by atoms with Crippen LogP contribution in [0, 0.1) is 6.92 Å². The van der Waals surface area contributed by atoms with E-state index in [2.05, 4.69) is 10.0 Å².